The molecule has 1 aliphatic heterocycles. The molecular weight excluding hydrogens is 454 g/mol. The molecule has 0 bridgehead atoms. The zero-order valence-electron chi connectivity index (χ0n) is 18.7. The molecular formula is C24H25ClF2N2O4. The number of benzene rings is 2. The number of ether oxygens (including phenoxy) is 2. The molecule has 3 aromatic rings. The van der Waals surface area contributed by atoms with E-state index in [1.165, 1.54) is 12.1 Å². The zero-order valence-corrected chi connectivity index (χ0v) is 19.4. The molecule has 0 unspecified atom stereocenters. The molecule has 33 heavy (non-hydrogen) atoms. The molecule has 0 saturated carbocycles. The van der Waals surface area contributed by atoms with E-state index in [4.69, 9.17) is 25.5 Å². The van der Waals surface area contributed by atoms with Crippen molar-refractivity contribution in [2.24, 2.45) is 0 Å². The largest absolute Gasteiger partial charge is 0.483 e. The molecule has 1 fully saturated rings. The Balaban J connectivity index is 1.49. The molecule has 1 amide bonds. The Kier molecular flexibility index (Phi) is 6.38. The van der Waals surface area contributed by atoms with Crippen LogP contribution in [-0.2, 0) is 11.3 Å². The van der Waals surface area contributed by atoms with E-state index in [9.17, 15) is 13.6 Å². The molecule has 1 saturated heterocycles. The van der Waals surface area contributed by atoms with Crippen LogP contribution in [0.25, 0.3) is 11.0 Å². The summed E-state index contributed by atoms with van der Waals surface area (Å²) < 4.78 is 44.8. The Morgan fingerprint density at radius 1 is 1.12 bits per heavy atom. The van der Waals surface area contributed by atoms with Gasteiger partial charge in [0.1, 0.15) is 17.8 Å². The summed E-state index contributed by atoms with van der Waals surface area (Å²) in [5, 5.41) is 0.790. The number of nitrogens with zero attached hydrogens (tertiary/aromatic N) is 2. The summed E-state index contributed by atoms with van der Waals surface area (Å²) in [6.45, 7) is 7.30. The number of carbonyl (C=O) groups excluding carboxylic acids is 1. The maximum absolute atomic E-state index is 14.7. The molecule has 9 heteroatoms. The summed E-state index contributed by atoms with van der Waals surface area (Å²) in [7, 11) is 0. The number of piperazine rings is 1. The number of anilines is 1. The van der Waals surface area contributed by atoms with Crippen LogP contribution in [0.4, 0.5) is 19.3 Å². The summed E-state index contributed by atoms with van der Waals surface area (Å²) >= 11 is 6.11. The zero-order chi connectivity index (χ0) is 23.8. The van der Waals surface area contributed by atoms with E-state index in [-0.39, 0.29) is 24.0 Å². The van der Waals surface area contributed by atoms with E-state index in [1.54, 1.807) is 29.2 Å². The van der Waals surface area contributed by atoms with Crippen LogP contribution in [0.15, 0.2) is 40.8 Å². The van der Waals surface area contributed by atoms with Gasteiger partial charge in [-0.25, -0.2) is 9.18 Å². The Labute approximate surface area is 195 Å². The minimum Gasteiger partial charge on any atom is -0.483 e. The van der Waals surface area contributed by atoms with Gasteiger partial charge >= 0.3 is 6.09 Å². The van der Waals surface area contributed by atoms with Gasteiger partial charge in [-0.2, -0.15) is 4.39 Å². The van der Waals surface area contributed by atoms with E-state index < -0.39 is 17.4 Å². The SMILES string of the molecule is CC(C)(C)OC(=O)N1CCN(c2cccc(F)c2OCc2ccc(Cl)c3cc(F)oc23)CC1. The van der Waals surface area contributed by atoms with Crippen LogP contribution in [0.2, 0.25) is 5.02 Å². The predicted molar refractivity (Wildman–Crippen MR) is 122 cm³/mol. The van der Waals surface area contributed by atoms with Gasteiger partial charge in [0.2, 0.25) is 0 Å². The minimum absolute atomic E-state index is 0.0353. The number of para-hydroxylation sites is 1. The molecule has 1 aliphatic rings. The highest BCUT2D eigenvalue weighted by molar-refractivity contribution is 6.35. The van der Waals surface area contributed by atoms with Gasteiger partial charge in [-0.15, -0.1) is 0 Å². The van der Waals surface area contributed by atoms with Gasteiger partial charge in [-0.1, -0.05) is 23.7 Å². The van der Waals surface area contributed by atoms with Crippen molar-refractivity contribution in [3.05, 3.63) is 58.8 Å². The monoisotopic (exact) mass is 478 g/mol. The number of hydrogen-bond donors (Lipinski definition) is 0. The molecule has 0 aliphatic carbocycles. The second kappa shape index (κ2) is 9.09. The molecule has 2 aromatic carbocycles. The minimum atomic E-state index is -0.756. The molecule has 4 rings (SSSR count). The highest BCUT2D eigenvalue weighted by Gasteiger charge is 2.27. The lowest BCUT2D eigenvalue weighted by Crippen LogP contribution is -2.50. The number of amides is 1. The third-order valence-electron chi connectivity index (χ3n) is 5.27. The van der Waals surface area contributed by atoms with Crippen molar-refractivity contribution in [1.82, 2.24) is 4.90 Å². The average Bonchev–Trinajstić information content (AvgIpc) is 3.15. The Morgan fingerprint density at radius 3 is 2.55 bits per heavy atom. The molecule has 0 radical (unpaired) electrons. The molecule has 0 spiro atoms. The van der Waals surface area contributed by atoms with Gasteiger partial charge in [0.15, 0.2) is 11.6 Å². The Morgan fingerprint density at radius 2 is 1.85 bits per heavy atom. The number of rotatable bonds is 4. The van der Waals surface area contributed by atoms with E-state index in [0.29, 0.717) is 47.8 Å². The molecule has 1 aromatic heterocycles. The lowest BCUT2D eigenvalue weighted by atomic mass is 10.1. The van der Waals surface area contributed by atoms with E-state index >= 15 is 0 Å². The lowest BCUT2D eigenvalue weighted by Gasteiger charge is -2.37. The first-order valence-corrected chi connectivity index (χ1v) is 11.0. The van der Waals surface area contributed by atoms with Crippen molar-refractivity contribution in [3.8, 4) is 5.75 Å². The van der Waals surface area contributed by atoms with Crippen molar-refractivity contribution in [1.29, 1.82) is 0 Å². The highest BCUT2D eigenvalue weighted by atomic mass is 35.5. The van der Waals surface area contributed by atoms with Crippen molar-refractivity contribution in [2.45, 2.75) is 33.0 Å². The normalized spacial score (nSPS) is 14.6. The van der Waals surface area contributed by atoms with Crippen molar-refractivity contribution in [2.75, 3.05) is 31.1 Å². The summed E-state index contributed by atoms with van der Waals surface area (Å²) in [6.07, 6.45) is -0.365. The van der Waals surface area contributed by atoms with Gasteiger partial charge < -0.3 is 23.7 Å². The van der Waals surface area contributed by atoms with E-state index in [2.05, 4.69) is 0 Å². The maximum Gasteiger partial charge on any atom is 0.410 e. The van der Waals surface area contributed by atoms with Crippen LogP contribution < -0.4 is 9.64 Å². The van der Waals surface area contributed by atoms with E-state index in [1.807, 2.05) is 25.7 Å². The van der Waals surface area contributed by atoms with E-state index in [0.717, 1.165) is 0 Å². The van der Waals surface area contributed by atoms with Crippen molar-refractivity contribution in [3.63, 3.8) is 0 Å². The van der Waals surface area contributed by atoms with Crippen LogP contribution in [0, 0.1) is 11.8 Å². The topological polar surface area (TPSA) is 55.2 Å². The third-order valence-corrected chi connectivity index (χ3v) is 5.60. The summed E-state index contributed by atoms with van der Waals surface area (Å²) in [6, 6.07) is 8.43. The van der Waals surface area contributed by atoms with Gasteiger partial charge in [-0.3, -0.25) is 0 Å². The first kappa shape index (κ1) is 23.2. The standard InChI is InChI=1S/C24H25ClF2N2O4/c1-24(2,3)33-23(30)29-11-9-28(10-12-29)19-6-4-5-18(26)22(19)31-14-15-7-8-17(25)16-13-20(27)32-21(15)16/h4-8,13H,9-12,14H2,1-3H3. The molecule has 176 valence electrons. The number of carbonyl (C=O) groups is 1. The fourth-order valence-electron chi connectivity index (χ4n) is 3.73. The molecule has 2 heterocycles. The average molecular weight is 479 g/mol. The highest BCUT2D eigenvalue weighted by Crippen LogP contribution is 2.34. The number of fused-ring (bicyclic) bond motifs is 1. The second-order valence-electron chi connectivity index (χ2n) is 8.83. The smallest absolute Gasteiger partial charge is 0.410 e. The first-order chi connectivity index (χ1) is 15.6. The van der Waals surface area contributed by atoms with Crippen LogP contribution in [0.3, 0.4) is 0 Å². The number of hydrogen-bond acceptors (Lipinski definition) is 5. The molecule has 0 atom stereocenters. The van der Waals surface area contributed by atoms with Crippen LogP contribution in [0.1, 0.15) is 26.3 Å². The van der Waals surface area contributed by atoms with Crippen molar-refractivity contribution < 1.29 is 27.5 Å². The fraction of sp³-hybridized carbons (Fsp3) is 0.375. The van der Waals surface area contributed by atoms with Gasteiger partial charge in [0.05, 0.1) is 10.7 Å². The molecule has 0 N–H and O–H groups in total. The summed E-state index contributed by atoms with van der Waals surface area (Å²) in [4.78, 5) is 15.9. The maximum atomic E-state index is 14.7. The fourth-order valence-corrected chi connectivity index (χ4v) is 3.93. The first-order valence-electron chi connectivity index (χ1n) is 10.6. The second-order valence-corrected chi connectivity index (χ2v) is 9.24. The predicted octanol–water partition coefficient (Wildman–Crippen LogP) is 6.00. The van der Waals surface area contributed by atoms with Crippen LogP contribution in [0.5, 0.6) is 5.75 Å². The third kappa shape index (κ3) is 5.16. The Bertz CT molecular complexity index is 1170. The van der Waals surface area contributed by atoms with Gasteiger partial charge in [-0.05, 0) is 39.0 Å². The van der Waals surface area contributed by atoms with Crippen LogP contribution in [-0.4, -0.2) is 42.8 Å². The van der Waals surface area contributed by atoms with Gasteiger partial charge in [0.25, 0.3) is 6.01 Å². The number of furan rings is 1. The van der Waals surface area contributed by atoms with Crippen LogP contribution >= 0.6 is 11.6 Å². The summed E-state index contributed by atoms with van der Waals surface area (Å²) in [5.41, 5.74) is 0.822. The number of halogens is 3. The quantitative estimate of drug-likeness (QED) is 0.460. The summed E-state index contributed by atoms with van der Waals surface area (Å²) in [5.74, 6) is -0.434. The lowest BCUT2D eigenvalue weighted by molar-refractivity contribution is 0.0240. The molecule has 6 nitrogen and oxygen atoms in total. The van der Waals surface area contributed by atoms with Gasteiger partial charge in [0, 0.05) is 43.2 Å². The van der Waals surface area contributed by atoms with Crippen molar-refractivity contribution >= 4 is 34.4 Å². The Hall–Kier alpha value is -3.00.